The standard InChI is InChI=1S/C8H13ClN6O/c1-11-6(16)4-15(2)7-5(9)3-12-8(13-7)14-10/h3H,4,10H2,1-2H3,(H,11,16)(H,12,13,14). The first-order valence-corrected chi connectivity index (χ1v) is 4.87. The highest BCUT2D eigenvalue weighted by molar-refractivity contribution is 6.32. The summed E-state index contributed by atoms with van der Waals surface area (Å²) in [4.78, 5) is 20.7. The molecule has 0 radical (unpaired) electrons. The van der Waals surface area contributed by atoms with Gasteiger partial charge in [0.2, 0.25) is 11.9 Å². The van der Waals surface area contributed by atoms with E-state index in [1.807, 2.05) is 0 Å². The third-order valence-corrected chi connectivity index (χ3v) is 2.14. The van der Waals surface area contributed by atoms with E-state index in [-0.39, 0.29) is 18.4 Å². The molecule has 0 aliphatic carbocycles. The topological polar surface area (TPSA) is 96.2 Å². The van der Waals surface area contributed by atoms with Crippen molar-refractivity contribution in [3.63, 3.8) is 0 Å². The fourth-order valence-corrected chi connectivity index (χ4v) is 1.30. The number of likely N-dealkylation sites (N-methyl/N-ethyl adjacent to an activating group) is 2. The minimum Gasteiger partial charge on any atom is -0.358 e. The lowest BCUT2D eigenvalue weighted by Crippen LogP contribution is -2.33. The van der Waals surface area contributed by atoms with Crippen LogP contribution in [0.1, 0.15) is 0 Å². The predicted molar refractivity (Wildman–Crippen MR) is 62.2 cm³/mol. The van der Waals surface area contributed by atoms with Gasteiger partial charge in [-0.1, -0.05) is 11.6 Å². The highest BCUT2D eigenvalue weighted by atomic mass is 35.5. The second kappa shape index (κ2) is 5.47. The van der Waals surface area contributed by atoms with Crippen LogP contribution >= 0.6 is 11.6 Å². The largest absolute Gasteiger partial charge is 0.358 e. The summed E-state index contributed by atoms with van der Waals surface area (Å²) in [6, 6.07) is 0. The first kappa shape index (κ1) is 12.5. The van der Waals surface area contributed by atoms with Crippen molar-refractivity contribution >= 4 is 29.3 Å². The lowest BCUT2D eigenvalue weighted by atomic mass is 10.4. The normalized spacial score (nSPS) is 9.75. The van der Waals surface area contributed by atoms with E-state index in [1.54, 1.807) is 19.0 Å². The Morgan fingerprint density at radius 3 is 2.94 bits per heavy atom. The summed E-state index contributed by atoms with van der Waals surface area (Å²) in [5.74, 6) is 5.72. The number of rotatable bonds is 4. The summed E-state index contributed by atoms with van der Waals surface area (Å²) in [5, 5.41) is 2.86. The van der Waals surface area contributed by atoms with Gasteiger partial charge in [-0.15, -0.1) is 0 Å². The first-order chi connectivity index (χ1) is 7.58. The van der Waals surface area contributed by atoms with Crippen LogP contribution in [0.25, 0.3) is 0 Å². The van der Waals surface area contributed by atoms with Crippen LogP contribution in [0.2, 0.25) is 5.02 Å². The second-order valence-corrected chi connectivity index (χ2v) is 3.45. The molecule has 1 amide bonds. The molecule has 88 valence electrons. The quantitative estimate of drug-likeness (QED) is 0.493. The van der Waals surface area contributed by atoms with Crippen LogP contribution in [0.5, 0.6) is 0 Å². The van der Waals surface area contributed by atoms with E-state index in [2.05, 4.69) is 20.7 Å². The summed E-state index contributed by atoms with van der Waals surface area (Å²) < 4.78 is 0. The maximum Gasteiger partial charge on any atom is 0.239 e. The molecule has 0 bridgehead atoms. The smallest absolute Gasteiger partial charge is 0.239 e. The van der Waals surface area contributed by atoms with Gasteiger partial charge < -0.3 is 10.2 Å². The Kier molecular flexibility index (Phi) is 4.27. The van der Waals surface area contributed by atoms with Gasteiger partial charge in [0, 0.05) is 14.1 Å². The molecule has 8 heteroatoms. The number of nitrogens with zero attached hydrogens (tertiary/aromatic N) is 3. The lowest BCUT2D eigenvalue weighted by Gasteiger charge is -2.18. The van der Waals surface area contributed by atoms with Crippen LogP contribution in [0.3, 0.4) is 0 Å². The monoisotopic (exact) mass is 244 g/mol. The van der Waals surface area contributed by atoms with Crippen LogP contribution in [0.15, 0.2) is 6.20 Å². The van der Waals surface area contributed by atoms with Crippen molar-refractivity contribution in [2.24, 2.45) is 5.84 Å². The Labute approximate surface area is 98.0 Å². The zero-order valence-electron chi connectivity index (χ0n) is 8.99. The average Bonchev–Trinajstić information content (AvgIpc) is 2.29. The van der Waals surface area contributed by atoms with Crippen molar-refractivity contribution in [1.29, 1.82) is 0 Å². The molecule has 16 heavy (non-hydrogen) atoms. The van der Waals surface area contributed by atoms with Gasteiger partial charge in [-0.3, -0.25) is 10.2 Å². The molecule has 0 aromatic carbocycles. The summed E-state index contributed by atoms with van der Waals surface area (Å²) in [6.45, 7) is 0.150. The van der Waals surface area contributed by atoms with Gasteiger partial charge in [0.15, 0.2) is 5.82 Å². The molecule has 0 fully saturated rings. The molecule has 1 aromatic heterocycles. The van der Waals surface area contributed by atoms with Gasteiger partial charge in [-0.2, -0.15) is 4.98 Å². The van der Waals surface area contributed by atoms with E-state index in [9.17, 15) is 4.79 Å². The van der Waals surface area contributed by atoms with Gasteiger partial charge >= 0.3 is 0 Å². The summed E-state index contributed by atoms with van der Waals surface area (Å²) >= 11 is 5.91. The third kappa shape index (κ3) is 2.94. The molecule has 1 rings (SSSR count). The van der Waals surface area contributed by atoms with Gasteiger partial charge in [0.05, 0.1) is 12.7 Å². The zero-order chi connectivity index (χ0) is 12.1. The average molecular weight is 245 g/mol. The summed E-state index contributed by atoms with van der Waals surface area (Å²) in [5.41, 5.74) is 2.31. The van der Waals surface area contributed by atoms with Crippen molar-refractivity contribution in [2.45, 2.75) is 0 Å². The van der Waals surface area contributed by atoms with Crippen LogP contribution in [-0.2, 0) is 4.79 Å². The number of nitrogens with one attached hydrogen (secondary N) is 2. The summed E-state index contributed by atoms with van der Waals surface area (Å²) in [7, 11) is 3.26. The fourth-order valence-electron chi connectivity index (χ4n) is 1.06. The van der Waals surface area contributed by atoms with Crippen molar-refractivity contribution in [3.05, 3.63) is 11.2 Å². The van der Waals surface area contributed by atoms with Gasteiger partial charge in [-0.05, 0) is 0 Å². The van der Waals surface area contributed by atoms with Crippen LogP contribution < -0.4 is 21.5 Å². The van der Waals surface area contributed by atoms with E-state index in [0.717, 1.165) is 0 Å². The lowest BCUT2D eigenvalue weighted by molar-refractivity contribution is -0.119. The maximum absolute atomic E-state index is 11.2. The minimum absolute atomic E-state index is 0.139. The molecule has 0 saturated heterocycles. The van der Waals surface area contributed by atoms with Gasteiger partial charge in [-0.25, -0.2) is 10.8 Å². The van der Waals surface area contributed by atoms with Crippen molar-refractivity contribution in [3.8, 4) is 0 Å². The molecule has 1 heterocycles. The Balaban J connectivity index is 2.88. The number of hydrazine groups is 1. The highest BCUT2D eigenvalue weighted by Crippen LogP contribution is 2.21. The van der Waals surface area contributed by atoms with Crippen molar-refractivity contribution < 1.29 is 4.79 Å². The first-order valence-electron chi connectivity index (χ1n) is 4.49. The molecule has 0 aliphatic heterocycles. The second-order valence-electron chi connectivity index (χ2n) is 3.04. The molecule has 1 aromatic rings. The molecular weight excluding hydrogens is 232 g/mol. The maximum atomic E-state index is 11.2. The molecule has 0 saturated carbocycles. The van der Waals surface area contributed by atoms with Crippen LogP contribution in [0, 0.1) is 0 Å². The highest BCUT2D eigenvalue weighted by Gasteiger charge is 2.12. The summed E-state index contributed by atoms with van der Waals surface area (Å²) in [6.07, 6.45) is 1.42. The van der Waals surface area contributed by atoms with Gasteiger partial charge in [0.25, 0.3) is 0 Å². The number of amides is 1. The Morgan fingerprint density at radius 2 is 2.38 bits per heavy atom. The molecule has 0 aliphatic rings. The number of halogens is 1. The van der Waals surface area contributed by atoms with Crippen LogP contribution in [-0.4, -0.2) is 36.5 Å². The number of nitrogens with two attached hydrogens (primary N) is 1. The number of hydrogen-bond acceptors (Lipinski definition) is 6. The van der Waals surface area contributed by atoms with E-state index >= 15 is 0 Å². The molecule has 7 nitrogen and oxygen atoms in total. The van der Waals surface area contributed by atoms with E-state index < -0.39 is 0 Å². The van der Waals surface area contributed by atoms with E-state index in [4.69, 9.17) is 17.4 Å². The third-order valence-electron chi connectivity index (χ3n) is 1.88. The van der Waals surface area contributed by atoms with E-state index in [1.165, 1.54) is 6.20 Å². The Hall–Kier alpha value is -1.60. The number of hydrogen-bond donors (Lipinski definition) is 3. The number of aromatic nitrogens is 2. The SMILES string of the molecule is CNC(=O)CN(C)c1nc(NN)ncc1Cl. The number of anilines is 2. The van der Waals surface area contributed by atoms with Crippen molar-refractivity contribution in [1.82, 2.24) is 15.3 Å². The van der Waals surface area contributed by atoms with E-state index in [0.29, 0.717) is 10.8 Å². The number of carbonyl (C=O) groups excluding carboxylic acids is 1. The molecule has 4 N–H and O–H groups in total. The molecule has 0 unspecified atom stereocenters. The Morgan fingerprint density at radius 1 is 1.69 bits per heavy atom. The van der Waals surface area contributed by atoms with Crippen molar-refractivity contribution in [2.75, 3.05) is 31.0 Å². The van der Waals surface area contributed by atoms with Gasteiger partial charge in [0.1, 0.15) is 5.02 Å². The number of nitrogen functional groups attached to an aromatic ring is 1. The Bertz CT molecular complexity index is 385. The fraction of sp³-hybridized carbons (Fsp3) is 0.375. The number of carbonyl (C=O) groups is 1. The minimum atomic E-state index is -0.139. The molecule has 0 atom stereocenters. The molecule has 0 spiro atoms. The predicted octanol–water partition coefficient (Wildman–Crippen LogP) is -0.402. The zero-order valence-corrected chi connectivity index (χ0v) is 9.75. The van der Waals surface area contributed by atoms with Crippen LogP contribution in [0.4, 0.5) is 11.8 Å². The molecular formula is C8H13ClN6O.